The molecule has 2 fully saturated rings. The van der Waals surface area contributed by atoms with E-state index in [-0.39, 0.29) is 24.2 Å². The van der Waals surface area contributed by atoms with Crippen molar-refractivity contribution in [2.75, 3.05) is 7.05 Å². The Morgan fingerprint density at radius 1 is 1.37 bits per heavy atom. The third kappa shape index (κ3) is 2.17. The number of piperidine rings is 1. The van der Waals surface area contributed by atoms with Gasteiger partial charge in [0.05, 0.1) is 6.10 Å². The first kappa shape index (κ1) is 12.7. The molecule has 1 N–H and O–H groups in total. The molecule has 0 saturated carbocycles. The molecule has 5 heteroatoms. The van der Waals surface area contributed by atoms with E-state index in [4.69, 9.17) is 4.74 Å². The summed E-state index contributed by atoms with van der Waals surface area (Å²) in [5.74, 6) is -0.270. The highest BCUT2D eigenvalue weighted by atomic mass is 16.5. The zero-order valence-electron chi connectivity index (χ0n) is 11.3. The molecule has 1 aromatic rings. The van der Waals surface area contributed by atoms with Crippen molar-refractivity contribution >= 4 is 5.97 Å². The van der Waals surface area contributed by atoms with Crippen LogP contribution in [-0.2, 0) is 11.8 Å². The maximum Gasteiger partial charge on any atom is 0.355 e. The first-order valence-corrected chi connectivity index (χ1v) is 6.78. The molecule has 2 saturated heterocycles. The summed E-state index contributed by atoms with van der Waals surface area (Å²) in [5.41, 5.74) is 0.574. The summed E-state index contributed by atoms with van der Waals surface area (Å²) in [7, 11) is 3.89. The second-order valence-electron chi connectivity index (χ2n) is 5.70. The molecule has 3 rings (SSSR count). The Morgan fingerprint density at radius 3 is 2.84 bits per heavy atom. The van der Waals surface area contributed by atoms with E-state index in [9.17, 15) is 9.90 Å². The lowest BCUT2D eigenvalue weighted by Gasteiger charge is -2.34. The number of hydrogen-bond acceptors (Lipinski definition) is 4. The van der Waals surface area contributed by atoms with E-state index >= 15 is 0 Å². The van der Waals surface area contributed by atoms with Crippen LogP contribution in [0.25, 0.3) is 0 Å². The number of carbonyl (C=O) groups excluding carboxylic acids is 1. The second kappa shape index (κ2) is 4.65. The van der Waals surface area contributed by atoms with Crippen LogP contribution in [-0.4, -0.2) is 51.9 Å². The molecule has 2 bridgehead atoms. The van der Waals surface area contributed by atoms with Gasteiger partial charge in [0.2, 0.25) is 0 Å². The van der Waals surface area contributed by atoms with Crippen LogP contribution in [0, 0.1) is 0 Å². The zero-order chi connectivity index (χ0) is 13.6. The number of nitrogens with zero attached hydrogens (tertiary/aromatic N) is 2. The fraction of sp³-hybridized carbons (Fsp3) is 0.643. The number of fused-ring (bicyclic) bond motifs is 2. The summed E-state index contributed by atoms with van der Waals surface area (Å²) in [6.07, 6.45) is 3.77. The van der Waals surface area contributed by atoms with Gasteiger partial charge in [-0.25, -0.2) is 4.79 Å². The lowest BCUT2D eigenvalue weighted by molar-refractivity contribution is 0.00270. The van der Waals surface area contributed by atoms with Gasteiger partial charge in [0.25, 0.3) is 0 Å². The van der Waals surface area contributed by atoms with Gasteiger partial charge in [-0.15, -0.1) is 0 Å². The average Bonchev–Trinajstić information content (AvgIpc) is 2.83. The molecule has 1 aromatic heterocycles. The van der Waals surface area contributed by atoms with Crippen LogP contribution >= 0.6 is 0 Å². The number of likely N-dealkylation sites (N-methyl/N-ethyl adjacent to an activating group) is 1. The normalized spacial score (nSPS) is 34.5. The van der Waals surface area contributed by atoms with E-state index in [1.807, 2.05) is 19.3 Å². The van der Waals surface area contributed by atoms with Crippen molar-refractivity contribution in [3.8, 4) is 0 Å². The molecule has 2 aliphatic heterocycles. The summed E-state index contributed by atoms with van der Waals surface area (Å²) >= 11 is 0. The minimum Gasteiger partial charge on any atom is -0.456 e. The zero-order valence-corrected chi connectivity index (χ0v) is 11.3. The Labute approximate surface area is 112 Å². The van der Waals surface area contributed by atoms with Crippen molar-refractivity contribution in [3.63, 3.8) is 0 Å². The van der Waals surface area contributed by atoms with Gasteiger partial charge in [-0.3, -0.25) is 4.90 Å². The van der Waals surface area contributed by atoms with Gasteiger partial charge in [0.1, 0.15) is 11.8 Å². The van der Waals surface area contributed by atoms with Crippen LogP contribution < -0.4 is 0 Å². The Morgan fingerprint density at radius 2 is 2.16 bits per heavy atom. The number of esters is 1. The molecule has 0 amide bonds. The van der Waals surface area contributed by atoms with Gasteiger partial charge in [-0.2, -0.15) is 0 Å². The van der Waals surface area contributed by atoms with E-state index in [1.54, 1.807) is 10.6 Å². The highest BCUT2D eigenvalue weighted by molar-refractivity contribution is 5.87. The van der Waals surface area contributed by atoms with Crippen LogP contribution in [0.1, 0.15) is 29.8 Å². The van der Waals surface area contributed by atoms with Crippen LogP contribution in [0.4, 0.5) is 0 Å². The summed E-state index contributed by atoms with van der Waals surface area (Å²) in [5, 5.41) is 9.82. The monoisotopic (exact) mass is 264 g/mol. The molecule has 0 aromatic carbocycles. The van der Waals surface area contributed by atoms with Gasteiger partial charge in [0.15, 0.2) is 0 Å². The molecule has 2 aliphatic rings. The molecule has 0 radical (unpaired) electrons. The van der Waals surface area contributed by atoms with Gasteiger partial charge in [-0.05, 0) is 32.0 Å². The van der Waals surface area contributed by atoms with E-state index in [2.05, 4.69) is 11.9 Å². The molecular formula is C14H20N2O3. The smallest absolute Gasteiger partial charge is 0.355 e. The van der Waals surface area contributed by atoms with E-state index in [0.717, 1.165) is 12.8 Å². The summed E-state index contributed by atoms with van der Waals surface area (Å²) < 4.78 is 7.42. The lowest BCUT2D eigenvalue weighted by Crippen LogP contribution is -2.44. The fourth-order valence-corrected chi connectivity index (χ4v) is 3.39. The predicted molar refractivity (Wildman–Crippen MR) is 69.8 cm³/mol. The molecule has 0 unspecified atom stereocenters. The Kier molecular flexibility index (Phi) is 3.11. The second-order valence-corrected chi connectivity index (χ2v) is 5.70. The minimum atomic E-state index is -0.270. The number of ether oxygens (including phenoxy) is 1. The van der Waals surface area contributed by atoms with E-state index < -0.39 is 0 Å². The third-order valence-electron chi connectivity index (χ3n) is 4.50. The van der Waals surface area contributed by atoms with Crippen LogP contribution in [0.2, 0.25) is 0 Å². The van der Waals surface area contributed by atoms with Crippen LogP contribution in [0.15, 0.2) is 18.3 Å². The van der Waals surface area contributed by atoms with Crippen molar-refractivity contribution in [1.82, 2.24) is 9.47 Å². The summed E-state index contributed by atoms with van der Waals surface area (Å²) in [6.45, 7) is 0. The van der Waals surface area contributed by atoms with Crippen LogP contribution in [0.5, 0.6) is 0 Å². The van der Waals surface area contributed by atoms with Crippen LogP contribution in [0.3, 0.4) is 0 Å². The summed E-state index contributed by atoms with van der Waals surface area (Å²) in [4.78, 5) is 14.4. The highest BCUT2D eigenvalue weighted by Crippen LogP contribution is 2.36. The van der Waals surface area contributed by atoms with Crippen molar-refractivity contribution in [2.45, 2.75) is 43.6 Å². The third-order valence-corrected chi connectivity index (χ3v) is 4.50. The molecule has 4 atom stereocenters. The highest BCUT2D eigenvalue weighted by Gasteiger charge is 2.46. The minimum absolute atomic E-state index is 0.102. The van der Waals surface area contributed by atoms with Gasteiger partial charge in [-0.1, -0.05) is 0 Å². The largest absolute Gasteiger partial charge is 0.456 e. The van der Waals surface area contributed by atoms with Crippen molar-refractivity contribution < 1.29 is 14.6 Å². The number of aromatic nitrogens is 1. The standard InChI is InChI=1S/C14H20N2O3/c1-15-5-3-4-11(15)14(18)19-13-7-9-6-10(17)8-12(13)16(9)2/h3-5,9-10,12-13,17H,6-8H2,1-2H3/t9-,10-,12+,13+/m1/s1. The first-order valence-electron chi connectivity index (χ1n) is 6.78. The Bertz CT molecular complexity index is 485. The SMILES string of the molecule is CN1[C@@H]2C[C@@H](O)C[C@H]1[C@@H](OC(=O)c1cccn1C)C2. The number of hydrogen-bond donors (Lipinski definition) is 1. The quantitative estimate of drug-likeness (QED) is 0.802. The Hall–Kier alpha value is -1.33. The molecule has 3 heterocycles. The molecule has 19 heavy (non-hydrogen) atoms. The number of aliphatic hydroxyl groups is 1. The van der Waals surface area contributed by atoms with Crippen molar-refractivity contribution in [2.24, 2.45) is 7.05 Å². The molecular weight excluding hydrogens is 244 g/mol. The number of carbonyl (C=O) groups is 1. The van der Waals surface area contributed by atoms with Gasteiger partial charge >= 0.3 is 5.97 Å². The maximum absolute atomic E-state index is 12.1. The van der Waals surface area contributed by atoms with Crippen molar-refractivity contribution in [3.05, 3.63) is 24.0 Å². The van der Waals surface area contributed by atoms with E-state index in [1.165, 1.54) is 0 Å². The molecule has 0 spiro atoms. The molecule has 0 aliphatic carbocycles. The Balaban J connectivity index is 1.71. The maximum atomic E-state index is 12.1. The van der Waals surface area contributed by atoms with Gasteiger partial charge in [0, 0.05) is 31.7 Å². The first-order chi connectivity index (χ1) is 9.06. The number of aryl methyl sites for hydroxylation is 1. The summed E-state index contributed by atoms with van der Waals surface area (Å²) in [6, 6.07) is 4.08. The number of aliphatic hydroxyl groups excluding tert-OH is 1. The van der Waals surface area contributed by atoms with E-state index in [0.29, 0.717) is 18.2 Å². The van der Waals surface area contributed by atoms with Gasteiger partial charge < -0.3 is 14.4 Å². The number of rotatable bonds is 2. The van der Waals surface area contributed by atoms with Crippen molar-refractivity contribution in [1.29, 1.82) is 0 Å². The average molecular weight is 264 g/mol. The lowest BCUT2D eigenvalue weighted by atomic mass is 10.0. The fourth-order valence-electron chi connectivity index (χ4n) is 3.39. The topological polar surface area (TPSA) is 54.7 Å². The molecule has 104 valence electrons. The predicted octanol–water partition coefficient (Wildman–Crippen LogP) is 0.778. The molecule has 5 nitrogen and oxygen atoms in total.